The highest BCUT2D eigenvalue weighted by Crippen LogP contribution is 2.23. The van der Waals surface area contributed by atoms with Crippen LogP contribution in [0.25, 0.3) is 0 Å². The fraction of sp³-hybridized carbons (Fsp3) is 0.435. The van der Waals surface area contributed by atoms with E-state index >= 15 is 0 Å². The van der Waals surface area contributed by atoms with Crippen LogP contribution in [0.1, 0.15) is 35.1 Å². The number of hydrogen-bond donors (Lipinski definition) is 0. The van der Waals surface area contributed by atoms with E-state index in [0.29, 0.717) is 6.42 Å². The minimum atomic E-state index is -0.196. The van der Waals surface area contributed by atoms with E-state index in [1.807, 2.05) is 17.0 Å². The molecule has 0 spiro atoms. The molecule has 0 radical (unpaired) electrons. The fourth-order valence-electron chi connectivity index (χ4n) is 4.25. The Morgan fingerprint density at radius 1 is 0.852 bits per heavy atom. The van der Waals surface area contributed by atoms with Gasteiger partial charge in [-0.05, 0) is 60.1 Å². The zero-order valence-electron chi connectivity index (χ0n) is 15.8. The average Bonchev–Trinajstić information content (AvgIpc) is 3.01. The summed E-state index contributed by atoms with van der Waals surface area (Å²) in [5.74, 6) is 0.0366. The van der Waals surface area contributed by atoms with Gasteiger partial charge in [-0.3, -0.25) is 9.69 Å². The van der Waals surface area contributed by atoms with Crippen molar-refractivity contribution in [2.45, 2.75) is 38.6 Å². The molecule has 1 amide bonds. The molecule has 4 rings (SSSR count). The van der Waals surface area contributed by atoms with Crippen molar-refractivity contribution in [3.05, 3.63) is 70.5 Å². The van der Waals surface area contributed by atoms with Gasteiger partial charge in [0.25, 0.3) is 0 Å². The largest absolute Gasteiger partial charge is 0.341 e. The molecule has 0 saturated carbocycles. The minimum Gasteiger partial charge on any atom is -0.341 e. The van der Waals surface area contributed by atoms with Crippen molar-refractivity contribution in [3.8, 4) is 0 Å². The van der Waals surface area contributed by atoms with E-state index < -0.39 is 0 Å². The Labute approximate surface area is 160 Å². The zero-order chi connectivity index (χ0) is 18.6. The number of amides is 1. The van der Waals surface area contributed by atoms with Crippen LogP contribution in [0.3, 0.4) is 0 Å². The van der Waals surface area contributed by atoms with Gasteiger partial charge in [-0.1, -0.05) is 30.3 Å². The van der Waals surface area contributed by atoms with Crippen LogP contribution in [0.4, 0.5) is 4.39 Å². The maximum Gasteiger partial charge on any atom is 0.227 e. The maximum atomic E-state index is 13.1. The number of rotatable bonds is 4. The van der Waals surface area contributed by atoms with E-state index in [1.165, 1.54) is 36.1 Å². The summed E-state index contributed by atoms with van der Waals surface area (Å²) in [6.45, 7) is 4.25. The monoisotopic (exact) mass is 366 g/mol. The van der Waals surface area contributed by atoms with Crippen LogP contribution in [0.2, 0.25) is 0 Å². The molecule has 2 aliphatic rings. The van der Waals surface area contributed by atoms with Crippen molar-refractivity contribution in [1.82, 2.24) is 9.80 Å². The van der Waals surface area contributed by atoms with Crippen LogP contribution >= 0.6 is 0 Å². The highest BCUT2D eigenvalue weighted by Gasteiger charge is 2.20. The highest BCUT2D eigenvalue weighted by atomic mass is 19.1. The fourth-order valence-corrected chi connectivity index (χ4v) is 4.25. The Bertz CT molecular complexity index is 803. The molecule has 4 heteroatoms. The number of aryl methyl sites for hydroxylation is 2. The van der Waals surface area contributed by atoms with Crippen LogP contribution in [-0.4, -0.2) is 41.9 Å². The number of nitrogens with zero attached hydrogens (tertiary/aromatic N) is 2. The summed E-state index contributed by atoms with van der Waals surface area (Å²) < 4.78 is 13.1. The first kappa shape index (κ1) is 18.2. The molecule has 0 aromatic heterocycles. The number of hydrogen-bond acceptors (Lipinski definition) is 2. The van der Waals surface area contributed by atoms with E-state index in [9.17, 15) is 9.18 Å². The summed E-state index contributed by atoms with van der Waals surface area (Å²) in [5.41, 5.74) is 5.15. The van der Waals surface area contributed by atoms with Crippen molar-refractivity contribution in [1.29, 1.82) is 0 Å². The Morgan fingerprint density at radius 3 is 2.48 bits per heavy atom. The molecule has 142 valence electrons. The Hall–Kier alpha value is -2.20. The molecule has 0 N–H and O–H groups in total. The van der Waals surface area contributed by atoms with Crippen LogP contribution in [0.5, 0.6) is 0 Å². The van der Waals surface area contributed by atoms with E-state index in [4.69, 9.17) is 0 Å². The van der Waals surface area contributed by atoms with Gasteiger partial charge < -0.3 is 4.90 Å². The Kier molecular flexibility index (Phi) is 5.53. The molecule has 1 aliphatic heterocycles. The lowest BCUT2D eigenvalue weighted by atomic mass is 10.0. The number of benzene rings is 2. The first-order valence-corrected chi connectivity index (χ1v) is 10.0. The van der Waals surface area contributed by atoms with E-state index in [1.54, 1.807) is 0 Å². The van der Waals surface area contributed by atoms with Crippen molar-refractivity contribution in [3.63, 3.8) is 0 Å². The molecule has 27 heavy (non-hydrogen) atoms. The van der Waals surface area contributed by atoms with Gasteiger partial charge in [0.2, 0.25) is 5.91 Å². The van der Waals surface area contributed by atoms with E-state index in [2.05, 4.69) is 23.1 Å². The maximum absolute atomic E-state index is 13.1. The summed E-state index contributed by atoms with van der Waals surface area (Å²) in [4.78, 5) is 17.2. The molecule has 1 fully saturated rings. The lowest BCUT2D eigenvalue weighted by molar-refractivity contribution is -0.130. The van der Waals surface area contributed by atoms with Gasteiger partial charge in [-0.15, -0.1) is 0 Å². The van der Waals surface area contributed by atoms with E-state index in [-0.39, 0.29) is 11.7 Å². The lowest BCUT2D eigenvalue weighted by Gasteiger charge is -2.22. The quantitative estimate of drug-likeness (QED) is 0.826. The zero-order valence-corrected chi connectivity index (χ0v) is 15.8. The SMILES string of the molecule is O=C(Cc1ccc2c(c1)CCC2)N1CCCN(Cc2ccc(F)cc2)CC1. The average molecular weight is 366 g/mol. The van der Waals surface area contributed by atoms with Crippen molar-refractivity contribution in [2.75, 3.05) is 26.2 Å². The number of fused-ring (bicyclic) bond motifs is 1. The first-order valence-electron chi connectivity index (χ1n) is 10.0. The Morgan fingerprint density at radius 2 is 1.63 bits per heavy atom. The van der Waals surface area contributed by atoms with E-state index in [0.717, 1.165) is 56.7 Å². The molecule has 1 heterocycles. The minimum absolute atomic E-state index is 0.196. The standard InChI is InChI=1S/C23H27FN2O/c24-22-9-6-18(7-10-22)17-25-11-2-12-26(14-13-25)23(27)16-19-5-8-20-3-1-4-21(20)15-19/h5-10,15H,1-4,11-14,16-17H2. The molecule has 1 aliphatic carbocycles. The van der Waals surface area contributed by atoms with Gasteiger partial charge in [0.15, 0.2) is 0 Å². The first-order chi connectivity index (χ1) is 13.2. The molecule has 0 unspecified atom stereocenters. The number of carbonyl (C=O) groups excluding carboxylic acids is 1. The van der Waals surface area contributed by atoms with Crippen LogP contribution in [0, 0.1) is 5.82 Å². The molecule has 3 nitrogen and oxygen atoms in total. The normalized spacial score (nSPS) is 17.6. The molecule has 0 atom stereocenters. The summed E-state index contributed by atoms with van der Waals surface area (Å²) in [6.07, 6.45) is 5.06. The number of carbonyl (C=O) groups is 1. The van der Waals surface area contributed by atoms with Gasteiger partial charge in [0, 0.05) is 32.7 Å². The molecule has 1 saturated heterocycles. The van der Waals surface area contributed by atoms with Gasteiger partial charge in [-0.25, -0.2) is 4.39 Å². The van der Waals surface area contributed by atoms with Crippen LogP contribution < -0.4 is 0 Å². The predicted octanol–water partition coefficient (Wildman–Crippen LogP) is 3.59. The van der Waals surface area contributed by atoms with Gasteiger partial charge >= 0.3 is 0 Å². The molecule has 0 bridgehead atoms. The van der Waals surface area contributed by atoms with Crippen molar-refractivity contribution >= 4 is 5.91 Å². The van der Waals surface area contributed by atoms with Crippen molar-refractivity contribution < 1.29 is 9.18 Å². The third-order valence-corrected chi connectivity index (χ3v) is 5.78. The smallest absolute Gasteiger partial charge is 0.227 e. The third kappa shape index (κ3) is 4.56. The second-order valence-electron chi connectivity index (χ2n) is 7.77. The Balaban J connectivity index is 1.32. The summed E-state index contributed by atoms with van der Waals surface area (Å²) in [5, 5.41) is 0. The molecular weight excluding hydrogens is 339 g/mol. The lowest BCUT2D eigenvalue weighted by Crippen LogP contribution is -2.36. The van der Waals surface area contributed by atoms with Gasteiger partial charge in [0.1, 0.15) is 5.82 Å². The summed E-state index contributed by atoms with van der Waals surface area (Å²) in [6, 6.07) is 13.3. The molecule has 2 aromatic carbocycles. The van der Waals surface area contributed by atoms with Gasteiger partial charge in [0.05, 0.1) is 6.42 Å². The summed E-state index contributed by atoms with van der Waals surface area (Å²) >= 11 is 0. The van der Waals surface area contributed by atoms with Crippen LogP contribution in [-0.2, 0) is 30.6 Å². The number of halogens is 1. The third-order valence-electron chi connectivity index (χ3n) is 5.78. The molecule has 2 aromatic rings. The highest BCUT2D eigenvalue weighted by molar-refractivity contribution is 5.79. The van der Waals surface area contributed by atoms with Gasteiger partial charge in [-0.2, -0.15) is 0 Å². The second kappa shape index (κ2) is 8.22. The van der Waals surface area contributed by atoms with Crippen LogP contribution in [0.15, 0.2) is 42.5 Å². The second-order valence-corrected chi connectivity index (χ2v) is 7.77. The molecular formula is C23H27FN2O. The topological polar surface area (TPSA) is 23.6 Å². The van der Waals surface area contributed by atoms with Crippen molar-refractivity contribution in [2.24, 2.45) is 0 Å². The summed E-state index contributed by atoms with van der Waals surface area (Å²) in [7, 11) is 0. The predicted molar refractivity (Wildman–Crippen MR) is 105 cm³/mol.